The van der Waals surface area contributed by atoms with Crippen LogP contribution in [0, 0.1) is 5.92 Å². The lowest BCUT2D eigenvalue weighted by atomic mass is 9.77. The molecule has 1 fully saturated rings. The number of rotatable bonds is 1. The first kappa shape index (κ1) is 13.0. The van der Waals surface area contributed by atoms with Crippen molar-refractivity contribution < 1.29 is 13.9 Å². The molecule has 2 aliphatic rings. The van der Waals surface area contributed by atoms with Crippen LogP contribution in [0.5, 0.6) is 0 Å². The SMILES string of the molecule is O[C@@H]1CCC(F)(F)C[C@@H]1C1c2ccccc2-c2cncn21. The summed E-state index contributed by atoms with van der Waals surface area (Å²) in [5.41, 5.74) is 2.98. The largest absolute Gasteiger partial charge is 0.393 e. The molecule has 5 heteroatoms. The van der Waals surface area contributed by atoms with Gasteiger partial charge in [-0.1, -0.05) is 24.3 Å². The van der Waals surface area contributed by atoms with Crippen molar-refractivity contribution in [3.05, 3.63) is 42.4 Å². The van der Waals surface area contributed by atoms with Crippen LogP contribution in [-0.2, 0) is 0 Å². The fourth-order valence-electron chi connectivity index (χ4n) is 3.79. The standard InChI is InChI=1S/C16H16F2N2O/c17-16(18)6-5-14(21)12(7-16)15-11-4-2-1-3-10(11)13-8-19-9-20(13)15/h1-4,8-9,12,14-15,21H,5-7H2/t12-,14+,15?/m0/s1. The van der Waals surface area contributed by atoms with Crippen molar-refractivity contribution in [2.24, 2.45) is 5.92 Å². The van der Waals surface area contributed by atoms with E-state index in [-0.39, 0.29) is 25.3 Å². The van der Waals surface area contributed by atoms with Crippen molar-refractivity contribution in [3.63, 3.8) is 0 Å². The van der Waals surface area contributed by atoms with Crippen LogP contribution in [0.4, 0.5) is 8.78 Å². The molecule has 1 aromatic heterocycles. The average molecular weight is 290 g/mol. The minimum atomic E-state index is -2.69. The molecule has 0 spiro atoms. The zero-order valence-corrected chi connectivity index (χ0v) is 11.4. The number of aromatic nitrogens is 2. The molecule has 1 N–H and O–H groups in total. The molecule has 21 heavy (non-hydrogen) atoms. The van der Waals surface area contributed by atoms with Gasteiger partial charge < -0.3 is 9.67 Å². The van der Waals surface area contributed by atoms with Crippen LogP contribution >= 0.6 is 0 Å². The number of alkyl halides is 2. The van der Waals surface area contributed by atoms with E-state index in [1.54, 1.807) is 12.5 Å². The number of benzene rings is 1. The predicted molar refractivity (Wildman–Crippen MR) is 74.1 cm³/mol. The summed E-state index contributed by atoms with van der Waals surface area (Å²) in [4.78, 5) is 4.14. The molecular formula is C16H16F2N2O. The highest BCUT2D eigenvalue weighted by molar-refractivity contribution is 5.69. The van der Waals surface area contributed by atoms with Crippen LogP contribution in [0.15, 0.2) is 36.8 Å². The van der Waals surface area contributed by atoms with Crippen LogP contribution in [0.2, 0.25) is 0 Å². The number of hydrogen-bond donors (Lipinski definition) is 1. The molecule has 2 aromatic rings. The van der Waals surface area contributed by atoms with Crippen molar-refractivity contribution in [1.29, 1.82) is 0 Å². The summed E-state index contributed by atoms with van der Waals surface area (Å²) in [6.45, 7) is 0. The number of aliphatic hydroxyl groups is 1. The Balaban J connectivity index is 1.82. The van der Waals surface area contributed by atoms with Crippen molar-refractivity contribution in [2.45, 2.75) is 37.3 Å². The Morgan fingerprint density at radius 1 is 1.29 bits per heavy atom. The summed E-state index contributed by atoms with van der Waals surface area (Å²) in [5.74, 6) is -3.17. The molecule has 1 aromatic carbocycles. The monoisotopic (exact) mass is 290 g/mol. The Hall–Kier alpha value is -1.75. The van der Waals surface area contributed by atoms with Gasteiger partial charge in [0.05, 0.1) is 30.4 Å². The topological polar surface area (TPSA) is 38.1 Å². The Morgan fingerprint density at radius 2 is 2.10 bits per heavy atom. The number of fused-ring (bicyclic) bond motifs is 3. The van der Waals surface area contributed by atoms with Gasteiger partial charge in [-0.25, -0.2) is 13.8 Å². The number of aliphatic hydroxyl groups excluding tert-OH is 1. The number of halogens is 2. The molecule has 0 bridgehead atoms. The summed E-state index contributed by atoms with van der Waals surface area (Å²) >= 11 is 0. The van der Waals surface area contributed by atoms with E-state index in [1.807, 2.05) is 28.8 Å². The molecule has 110 valence electrons. The third-order valence-electron chi connectivity index (χ3n) is 4.76. The van der Waals surface area contributed by atoms with E-state index in [0.29, 0.717) is 0 Å². The van der Waals surface area contributed by atoms with E-state index in [9.17, 15) is 13.9 Å². The molecule has 1 unspecified atom stereocenters. The van der Waals surface area contributed by atoms with E-state index < -0.39 is 17.9 Å². The van der Waals surface area contributed by atoms with Gasteiger partial charge in [-0.05, 0) is 12.0 Å². The van der Waals surface area contributed by atoms with Crippen LogP contribution in [0.3, 0.4) is 0 Å². The quantitative estimate of drug-likeness (QED) is 0.875. The lowest BCUT2D eigenvalue weighted by molar-refractivity contribution is -0.0990. The zero-order valence-electron chi connectivity index (χ0n) is 11.4. The molecule has 4 rings (SSSR count). The lowest BCUT2D eigenvalue weighted by Gasteiger charge is -2.37. The first-order chi connectivity index (χ1) is 10.1. The van der Waals surface area contributed by atoms with Gasteiger partial charge >= 0.3 is 0 Å². The fourth-order valence-corrected chi connectivity index (χ4v) is 3.79. The third-order valence-corrected chi connectivity index (χ3v) is 4.76. The highest BCUT2D eigenvalue weighted by Crippen LogP contribution is 2.49. The van der Waals surface area contributed by atoms with Crippen LogP contribution < -0.4 is 0 Å². The number of nitrogens with zero attached hydrogens (tertiary/aromatic N) is 2. The molecule has 0 saturated heterocycles. The predicted octanol–water partition coefficient (Wildman–Crippen LogP) is 3.25. The Labute approximate surface area is 121 Å². The third kappa shape index (κ3) is 1.91. The highest BCUT2D eigenvalue weighted by Gasteiger charge is 2.47. The van der Waals surface area contributed by atoms with Gasteiger partial charge in [0.25, 0.3) is 0 Å². The molecule has 3 nitrogen and oxygen atoms in total. The van der Waals surface area contributed by atoms with E-state index in [1.165, 1.54) is 0 Å². The maximum absolute atomic E-state index is 13.8. The molecule has 1 aliphatic heterocycles. The van der Waals surface area contributed by atoms with Gasteiger partial charge in [0.15, 0.2) is 0 Å². The minimum Gasteiger partial charge on any atom is -0.393 e. The summed E-state index contributed by atoms with van der Waals surface area (Å²) < 4.78 is 29.6. The summed E-state index contributed by atoms with van der Waals surface area (Å²) in [6.07, 6.45) is 2.39. The molecule has 1 saturated carbocycles. The number of imidazole rings is 1. The normalized spacial score (nSPS) is 30.0. The first-order valence-electron chi connectivity index (χ1n) is 7.24. The van der Waals surface area contributed by atoms with E-state index in [2.05, 4.69) is 4.98 Å². The fraction of sp³-hybridized carbons (Fsp3) is 0.438. The Bertz CT molecular complexity index is 682. The smallest absolute Gasteiger partial charge is 0.248 e. The maximum atomic E-state index is 13.8. The van der Waals surface area contributed by atoms with E-state index >= 15 is 0 Å². The molecule has 2 heterocycles. The lowest BCUT2D eigenvalue weighted by Crippen LogP contribution is -2.40. The second-order valence-electron chi connectivity index (χ2n) is 6.05. The second kappa shape index (κ2) is 4.37. The van der Waals surface area contributed by atoms with Gasteiger partial charge in [0.1, 0.15) is 0 Å². The molecule has 1 aliphatic carbocycles. The van der Waals surface area contributed by atoms with Crippen LogP contribution in [0.25, 0.3) is 11.3 Å². The zero-order chi connectivity index (χ0) is 14.6. The molecule has 3 atom stereocenters. The van der Waals surface area contributed by atoms with Crippen LogP contribution in [-0.4, -0.2) is 26.7 Å². The van der Waals surface area contributed by atoms with Crippen molar-refractivity contribution in [2.75, 3.05) is 0 Å². The van der Waals surface area contributed by atoms with Gasteiger partial charge in [0, 0.05) is 24.3 Å². The van der Waals surface area contributed by atoms with Crippen molar-refractivity contribution >= 4 is 0 Å². The summed E-state index contributed by atoms with van der Waals surface area (Å²) in [7, 11) is 0. The maximum Gasteiger partial charge on any atom is 0.248 e. The van der Waals surface area contributed by atoms with Gasteiger partial charge in [-0.2, -0.15) is 0 Å². The van der Waals surface area contributed by atoms with Crippen molar-refractivity contribution in [1.82, 2.24) is 9.55 Å². The minimum absolute atomic E-state index is 0.153. The molecule has 0 radical (unpaired) electrons. The Kier molecular flexibility index (Phi) is 2.70. The molecular weight excluding hydrogens is 274 g/mol. The second-order valence-corrected chi connectivity index (χ2v) is 6.05. The summed E-state index contributed by atoms with van der Waals surface area (Å²) in [6, 6.07) is 7.55. The highest BCUT2D eigenvalue weighted by atomic mass is 19.3. The van der Waals surface area contributed by atoms with Gasteiger partial charge in [-0.15, -0.1) is 0 Å². The van der Waals surface area contributed by atoms with Crippen LogP contribution in [0.1, 0.15) is 30.9 Å². The summed E-state index contributed by atoms with van der Waals surface area (Å²) in [5, 5.41) is 10.3. The molecule has 0 amide bonds. The van der Waals surface area contributed by atoms with Crippen molar-refractivity contribution in [3.8, 4) is 11.3 Å². The van der Waals surface area contributed by atoms with Gasteiger partial charge in [-0.3, -0.25) is 0 Å². The van der Waals surface area contributed by atoms with E-state index in [0.717, 1.165) is 16.8 Å². The Morgan fingerprint density at radius 3 is 2.95 bits per heavy atom. The number of hydrogen-bond acceptors (Lipinski definition) is 2. The average Bonchev–Trinajstić information content (AvgIpc) is 3.02. The first-order valence-corrected chi connectivity index (χ1v) is 7.24. The van der Waals surface area contributed by atoms with E-state index in [4.69, 9.17) is 0 Å². The van der Waals surface area contributed by atoms with Gasteiger partial charge in [0.2, 0.25) is 5.92 Å².